The van der Waals surface area contributed by atoms with Crippen LogP contribution in [0.15, 0.2) is 18.5 Å². The van der Waals surface area contributed by atoms with E-state index in [1.165, 1.54) is 19.5 Å². The van der Waals surface area contributed by atoms with Gasteiger partial charge in [0.1, 0.15) is 11.8 Å². The summed E-state index contributed by atoms with van der Waals surface area (Å²) in [4.78, 5) is 3.77. The molecule has 0 fully saturated rings. The summed E-state index contributed by atoms with van der Waals surface area (Å²) in [5.74, 6) is -1.96. The lowest BCUT2D eigenvalue weighted by atomic mass is 10.1. The predicted molar refractivity (Wildman–Crippen MR) is 52.9 cm³/mol. The third-order valence-electron chi connectivity index (χ3n) is 2.24. The Kier molecular flexibility index (Phi) is 2.41. The first-order chi connectivity index (χ1) is 7.69. The number of fused-ring (bicyclic) bond motifs is 1. The Hall–Kier alpha value is -2.22. The maximum absolute atomic E-state index is 13.6. The van der Waals surface area contributed by atoms with Crippen molar-refractivity contribution in [3.8, 4) is 11.8 Å². The molecule has 1 aromatic carbocycles. The molecule has 2 rings (SSSR count). The number of nitrogens with zero attached hydrogens (tertiary/aromatic N) is 2. The molecule has 1 heterocycles. The molecule has 1 aromatic heterocycles. The van der Waals surface area contributed by atoms with E-state index in [0.717, 1.165) is 6.07 Å². The molecule has 0 unspecified atom stereocenters. The highest BCUT2D eigenvalue weighted by Crippen LogP contribution is 2.31. The zero-order valence-corrected chi connectivity index (χ0v) is 8.29. The number of pyridine rings is 1. The van der Waals surface area contributed by atoms with Crippen LogP contribution in [-0.4, -0.2) is 12.1 Å². The molecule has 0 atom stereocenters. The predicted octanol–water partition coefficient (Wildman–Crippen LogP) is 2.39. The Balaban J connectivity index is 3.00. The van der Waals surface area contributed by atoms with Crippen molar-refractivity contribution in [1.82, 2.24) is 4.98 Å². The summed E-state index contributed by atoms with van der Waals surface area (Å²) in [7, 11) is 1.34. The van der Waals surface area contributed by atoms with E-state index in [0.29, 0.717) is 0 Å². The van der Waals surface area contributed by atoms with E-state index in [9.17, 15) is 8.78 Å². The van der Waals surface area contributed by atoms with Crippen LogP contribution in [0.5, 0.6) is 5.75 Å². The molecule has 0 radical (unpaired) electrons. The molecule has 0 aliphatic heterocycles. The van der Waals surface area contributed by atoms with Crippen molar-refractivity contribution < 1.29 is 13.5 Å². The second-order valence-electron chi connectivity index (χ2n) is 3.10. The lowest BCUT2D eigenvalue weighted by Crippen LogP contribution is -1.95. The van der Waals surface area contributed by atoms with Crippen LogP contribution in [0, 0.1) is 23.0 Å². The average molecular weight is 220 g/mol. The molecule has 5 heteroatoms. The molecule has 0 spiro atoms. The summed E-state index contributed by atoms with van der Waals surface area (Å²) < 4.78 is 31.7. The first-order valence-electron chi connectivity index (χ1n) is 4.39. The van der Waals surface area contributed by atoms with Gasteiger partial charge in [0, 0.05) is 29.2 Å². The summed E-state index contributed by atoms with van der Waals surface area (Å²) in [5.41, 5.74) is -0.0206. The largest absolute Gasteiger partial charge is 0.496 e. The first kappa shape index (κ1) is 10.3. The van der Waals surface area contributed by atoms with Crippen molar-refractivity contribution in [2.45, 2.75) is 0 Å². The van der Waals surface area contributed by atoms with E-state index < -0.39 is 11.6 Å². The summed E-state index contributed by atoms with van der Waals surface area (Å²) in [6.45, 7) is 0. The number of ether oxygens (including phenoxy) is 1. The fourth-order valence-electron chi connectivity index (χ4n) is 1.51. The van der Waals surface area contributed by atoms with Gasteiger partial charge in [0.15, 0.2) is 11.6 Å². The number of hydrogen-bond acceptors (Lipinski definition) is 3. The second-order valence-corrected chi connectivity index (χ2v) is 3.10. The minimum Gasteiger partial charge on any atom is -0.496 e. The minimum atomic E-state index is -1.06. The molecule has 0 saturated heterocycles. The van der Waals surface area contributed by atoms with Gasteiger partial charge in [0.2, 0.25) is 0 Å². The Labute approximate surface area is 89.9 Å². The molecule has 0 bridgehead atoms. The fraction of sp³-hybridized carbons (Fsp3) is 0.0909. The van der Waals surface area contributed by atoms with Crippen LogP contribution in [0.1, 0.15) is 5.56 Å². The van der Waals surface area contributed by atoms with Gasteiger partial charge in [-0.05, 0) is 0 Å². The lowest BCUT2D eigenvalue weighted by molar-refractivity contribution is 0.412. The second kappa shape index (κ2) is 3.74. The summed E-state index contributed by atoms with van der Waals surface area (Å²) in [6.07, 6.45) is 2.52. The van der Waals surface area contributed by atoms with Crippen LogP contribution >= 0.6 is 0 Å². The van der Waals surface area contributed by atoms with Gasteiger partial charge < -0.3 is 4.74 Å². The molecule has 16 heavy (non-hydrogen) atoms. The summed E-state index contributed by atoms with van der Waals surface area (Å²) in [6, 6.07) is 2.70. The number of benzene rings is 1. The van der Waals surface area contributed by atoms with Crippen LogP contribution in [-0.2, 0) is 0 Å². The van der Waals surface area contributed by atoms with Crippen molar-refractivity contribution in [3.05, 3.63) is 35.7 Å². The molecule has 0 aliphatic rings. The third-order valence-corrected chi connectivity index (χ3v) is 2.24. The Morgan fingerprint density at radius 2 is 2.12 bits per heavy atom. The summed E-state index contributed by atoms with van der Waals surface area (Å²) >= 11 is 0. The van der Waals surface area contributed by atoms with Crippen LogP contribution < -0.4 is 4.74 Å². The monoisotopic (exact) mass is 220 g/mol. The normalized spacial score (nSPS) is 10.1. The van der Waals surface area contributed by atoms with Gasteiger partial charge in [-0.25, -0.2) is 8.78 Å². The molecule has 0 aliphatic carbocycles. The highest BCUT2D eigenvalue weighted by atomic mass is 19.2. The zero-order valence-electron chi connectivity index (χ0n) is 8.29. The molecule has 0 saturated carbocycles. The maximum Gasteiger partial charge on any atom is 0.168 e. The molecule has 2 aromatic rings. The van der Waals surface area contributed by atoms with Crippen molar-refractivity contribution in [2.24, 2.45) is 0 Å². The van der Waals surface area contributed by atoms with E-state index in [2.05, 4.69) is 4.98 Å². The highest BCUT2D eigenvalue weighted by Gasteiger charge is 2.16. The first-order valence-corrected chi connectivity index (χ1v) is 4.39. The minimum absolute atomic E-state index is 0.0206. The Morgan fingerprint density at radius 1 is 1.38 bits per heavy atom. The van der Waals surface area contributed by atoms with Crippen molar-refractivity contribution in [3.63, 3.8) is 0 Å². The fourth-order valence-corrected chi connectivity index (χ4v) is 1.51. The van der Waals surface area contributed by atoms with Gasteiger partial charge in [-0.3, -0.25) is 4.98 Å². The van der Waals surface area contributed by atoms with Crippen LogP contribution in [0.25, 0.3) is 10.8 Å². The Bertz CT molecular complexity index is 605. The SMILES string of the molecule is COc1cc(F)c(F)c2c(C#N)cncc12. The molecule has 0 amide bonds. The molecule has 80 valence electrons. The van der Waals surface area contributed by atoms with Crippen molar-refractivity contribution in [1.29, 1.82) is 5.26 Å². The molecule has 0 N–H and O–H groups in total. The summed E-state index contributed by atoms with van der Waals surface area (Å²) in [5, 5.41) is 8.97. The van der Waals surface area contributed by atoms with E-state index in [1.807, 2.05) is 0 Å². The van der Waals surface area contributed by atoms with Crippen LogP contribution in [0.3, 0.4) is 0 Å². The lowest BCUT2D eigenvalue weighted by Gasteiger charge is -2.07. The van der Waals surface area contributed by atoms with Gasteiger partial charge in [0.25, 0.3) is 0 Å². The Morgan fingerprint density at radius 3 is 2.75 bits per heavy atom. The molecular weight excluding hydrogens is 214 g/mol. The van der Waals surface area contributed by atoms with Crippen LogP contribution in [0.4, 0.5) is 8.78 Å². The number of nitriles is 1. The standard InChI is InChI=1S/C11H6F2N2O/c1-16-9-2-8(12)11(13)10-6(3-14)4-15-5-7(9)10/h2,4-5H,1H3. The van der Waals surface area contributed by atoms with Gasteiger partial charge in [-0.1, -0.05) is 0 Å². The van der Waals surface area contributed by atoms with Crippen molar-refractivity contribution in [2.75, 3.05) is 7.11 Å². The topological polar surface area (TPSA) is 45.9 Å². The van der Waals surface area contributed by atoms with E-state index >= 15 is 0 Å². The number of aromatic nitrogens is 1. The zero-order chi connectivity index (χ0) is 11.7. The van der Waals surface area contributed by atoms with Gasteiger partial charge in [-0.15, -0.1) is 0 Å². The number of methoxy groups -OCH3 is 1. The quantitative estimate of drug-likeness (QED) is 0.741. The number of halogens is 2. The molecular formula is C11H6F2N2O. The molecule has 3 nitrogen and oxygen atoms in total. The van der Waals surface area contributed by atoms with E-state index in [1.54, 1.807) is 6.07 Å². The van der Waals surface area contributed by atoms with Gasteiger partial charge in [-0.2, -0.15) is 5.26 Å². The highest BCUT2D eigenvalue weighted by molar-refractivity contribution is 5.92. The van der Waals surface area contributed by atoms with E-state index in [4.69, 9.17) is 10.00 Å². The van der Waals surface area contributed by atoms with E-state index in [-0.39, 0.29) is 22.1 Å². The van der Waals surface area contributed by atoms with Crippen LogP contribution in [0.2, 0.25) is 0 Å². The van der Waals surface area contributed by atoms with Gasteiger partial charge >= 0.3 is 0 Å². The van der Waals surface area contributed by atoms with Gasteiger partial charge in [0.05, 0.1) is 12.7 Å². The van der Waals surface area contributed by atoms with Crippen molar-refractivity contribution >= 4 is 10.8 Å². The number of hydrogen-bond donors (Lipinski definition) is 0. The smallest absolute Gasteiger partial charge is 0.168 e. The maximum atomic E-state index is 13.6. The average Bonchev–Trinajstić information content (AvgIpc) is 2.32. The third kappa shape index (κ3) is 1.36. The number of rotatable bonds is 1.